The number of nitrogens with zero attached hydrogens (tertiary/aromatic N) is 1. The van der Waals surface area contributed by atoms with Crippen molar-refractivity contribution in [1.29, 1.82) is 0 Å². The Bertz CT molecular complexity index is 540. The Labute approximate surface area is 141 Å². The summed E-state index contributed by atoms with van der Waals surface area (Å²) in [6.07, 6.45) is 1.70. The molecule has 0 aromatic heterocycles. The number of halogens is 2. The molecule has 0 aliphatic heterocycles. The van der Waals surface area contributed by atoms with Crippen LogP contribution in [0.4, 0.5) is 10.1 Å². The van der Waals surface area contributed by atoms with Gasteiger partial charge in [0.1, 0.15) is 5.82 Å². The Morgan fingerprint density at radius 2 is 1.87 bits per heavy atom. The fraction of sp³-hybridized carbons (Fsp3) is 0.500. The van der Waals surface area contributed by atoms with Crippen LogP contribution >= 0.6 is 11.6 Å². The number of hydrogen-bond acceptors (Lipinski definition) is 3. The first-order chi connectivity index (χ1) is 11.0. The van der Waals surface area contributed by atoms with Crippen LogP contribution in [0.25, 0.3) is 0 Å². The molecular formula is C16H23ClFN3O2. The molecule has 23 heavy (non-hydrogen) atoms. The minimum Gasteiger partial charge on any atom is -0.355 e. The summed E-state index contributed by atoms with van der Waals surface area (Å²) in [5.41, 5.74) is 0.424. The summed E-state index contributed by atoms with van der Waals surface area (Å²) >= 11 is 5.68. The average Bonchev–Trinajstić information content (AvgIpc) is 2.49. The lowest BCUT2D eigenvalue weighted by Gasteiger charge is -2.20. The fourth-order valence-electron chi connectivity index (χ4n) is 2.03. The van der Waals surface area contributed by atoms with Gasteiger partial charge in [-0.3, -0.25) is 14.5 Å². The SMILES string of the molecule is CCCNC(=O)CN(CCC)CC(=O)Nc1ccc(F)c(Cl)c1. The zero-order chi connectivity index (χ0) is 17.2. The van der Waals surface area contributed by atoms with Gasteiger partial charge in [0.2, 0.25) is 11.8 Å². The lowest BCUT2D eigenvalue weighted by atomic mass is 10.3. The van der Waals surface area contributed by atoms with Gasteiger partial charge in [-0.15, -0.1) is 0 Å². The van der Waals surface area contributed by atoms with Gasteiger partial charge in [0.15, 0.2) is 0 Å². The largest absolute Gasteiger partial charge is 0.355 e. The Morgan fingerprint density at radius 1 is 1.17 bits per heavy atom. The van der Waals surface area contributed by atoms with E-state index in [9.17, 15) is 14.0 Å². The summed E-state index contributed by atoms with van der Waals surface area (Å²) in [6.45, 7) is 5.48. The van der Waals surface area contributed by atoms with Crippen LogP contribution in [0.15, 0.2) is 18.2 Å². The third kappa shape index (κ3) is 7.43. The molecule has 1 aromatic carbocycles. The van der Waals surface area contributed by atoms with Crippen LogP contribution in [0.5, 0.6) is 0 Å². The lowest BCUT2D eigenvalue weighted by Crippen LogP contribution is -2.41. The smallest absolute Gasteiger partial charge is 0.238 e. The van der Waals surface area contributed by atoms with Crippen LogP contribution in [0.2, 0.25) is 5.02 Å². The highest BCUT2D eigenvalue weighted by Crippen LogP contribution is 2.19. The highest BCUT2D eigenvalue weighted by Gasteiger charge is 2.14. The summed E-state index contributed by atoms with van der Waals surface area (Å²) in [5, 5.41) is 5.39. The molecule has 7 heteroatoms. The number of carbonyl (C=O) groups is 2. The number of amides is 2. The minimum absolute atomic E-state index is 0.0489. The lowest BCUT2D eigenvalue weighted by molar-refractivity contribution is -0.123. The molecule has 0 atom stereocenters. The van der Waals surface area contributed by atoms with E-state index >= 15 is 0 Å². The molecule has 0 aliphatic rings. The third-order valence-electron chi connectivity index (χ3n) is 3.05. The quantitative estimate of drug-likeness (QED) is 0.724. The summed E-state index contributed by atoms with van der Waals surface area (Å²) < 4.78 is 13.1. The van der Waals surface area contributed by atoms with Gasteiger partial charge in [-0.25, -0.2) is 4.39 Å². The summed E-state index contributed by atoms with van der Waals surface area (Å²) in [5.74, 6) is -0.910. The second-order valence-corrected chi connectivity index (χ2v) is 5.64. The van der Waals surface area contributed by atoms with E-state index in [-0.39, 0.29) is 29.9 Å². The number of benzene rings is 1. The van der Waals surface area contributed by atoms with Gasteiger partial charge in [-0.1, -0.05) is 25.4 Å². The first kappa shape index (κ1) is 19.4. The zero-order valence-electron chi connectivity index (χ0n) is 13.5. The van der Waals surface area contributed by atoms with Crippen LogP contribution < -0.4 is 10.6 Å². The molecule has 0 saturated heterocycles. The second-order valence-electron chi connectivity index (χ2n) is 5.24. The predicted molar refractivity (Wildman–Crippen MR) is 90.1 cm³/mol. The molecule has 0 fully saturated rings. The Hall–Kier alpha value is -1.66. The van der Waals surface area contributed by atoms with Crippen molar-refractivity contribution in [2.75, 3.05) is 31.5 Å². The van der Waals surface area contributed by atoms with E-state index in [0.29, 0.717) is 18.8 Å². The van der Waals surface area contributed by atoms with Gasteiger partial charge in [0, 0.05) is 12.2 Å². The normalized spacial score (nSPS) is 10.7. The van der Waals surface area contributed by atoms with E-state index in [0.717, 1.165) is 12.8 Å². The van der Waals surface area contributed by atoms with E-state index in [1.807, 2.05) is 13.8 Å². The molecule has 0 saturated carbocycles. The van der Waals surface area contributed by atoms with Crippen molar-refractivity contribution in [1.82, 2.24) is 10.2 Å². The highest BCUT2D eigenvalue weighted by molar-refractivity contribution is 6.31. The third-order valence-corrected chi connectivity index (χ3v) is 3.34. The van der Waals surface area contributed by atoms with Gasteiger partial charge in [0.05, 0.1) is 18.1 Å². The number of rotatable bonds is 9. The average molecular weight is 344 g/mol. The topological polar surface area (TPSA) is 61.4 Å². The van der Waals surface area contributed by atoms with Gasteiger partial charge >= 0.3 is 0 Å². The van der Waals surface area contributed by atoms with E-state index in [1.54, 1.807) is 4.90 Å². The molecule has 0 bridgehead atoms. The van der Waals surface area contributed by atoms with Crippen molar-refractivity contribution < 1.29 is 14.0 Å². The van der Waals surface area contributed by atoms with E-state index < -0.39 is 5.82 Å². The van der Waals surface area contributed by atoms with Gasteiger partial charge in [-0.05, 0) is 37.6 Å². The maximum atomic E-state index is 13.1. The Balaban J connectivity index is 2.55. The van der Waals surface area contributed by atoms with Crippen molar-refractivity contribution in [3.05, 3.63) is 29.0 Å². The zero-order valence-corrected chi connectivity index (χ0v) is 14.3. The molecule has 1 aromatic rings. The van der Waals surface area contributed by atoms with E-state index in [2.05, 4.69) is 10.6 Å². The van der Waals surface area contributed by atoms with Crippen molar-refractivity contribution in [3.63, 3.8) is 0 Å². The molecule has 0 spiro atoms. The maximum Gasteiger partial charge on any atom is 0.238 e. The Morgan fingerprint density at radius 3 is 2.48 bits per heavy atom. The molecule has 0 aliphatic carbocycles. The molecule has 0 radical (unpaired) electrons. The predicted octanol–water partition coefficient (Wildman–Crippen LogP) is 2.66. The number of hydrogen-bond donors (Lipinski definition) is 2. The standard InChI is InChI=1S/C16H23ClFN3O2/c1-3-7-19-15(22)10-21(8-4-2)11-16(23)20-12-5-6-14(18)13(17)9-12/h5-6,9H,3-4,7-8,10-11H2,1-2H3,(H,19,22)(H,20,23). The molecule has 0 unspecified atom stereocenters. The van der Waals surface area contributed by atoms with Crippen LogP contribution in [0.1, 0.15) is 26.7 Å². The second kappa shape index (κ2) is 10.2. The molecule has 0 heterocycles. The first-order valence-electron chi connectivity index (χ1n) is 7.70. The molecular weight excluding hydrogens is 321 g/mol. The molecule has 1 rings (SSSR count). The van der Waals surface area contributed by atoms with Crippen molar-refractivity contribution in [2.24, 2.45) is 0 Å². The monoisotopic (exact) mass is 343 g/mol. The van der Waals surface area contributed by atoms with Crippen LogP contribution in [-0.4, -0.2) is 42.9 Å². The Kier molecular flexibility index (Phi) is 8.58. The van der Waals surface area contributed by atoms with E-state index in [4.69, 9.17) is 11.6 Å². The van der Waals surface area contributed by atoms with Crippen LogP contribution in [-0.2, 0) is 9.59 Å². The van der Waals surface area contributed by atoms with Gasteiger partial charge in [0.25, 0.3) is 0 Å². The number of carbonyl (C=O) groups excluding carboxylic acids is 2. The van der Waals surface area contributed by atoms with Gasteiger partial charge in [-0.2, -0.15) is 0 Å². The fourth-order valence-corrected chi connectivity index (χ4v) is 2.21. The molecule has 2 amide bonds. The summed E-state index contributed by atoms with van der Waals surface area (Å²) in [7, 11) is 0. The highest BCUT2D eigenvalue weighted by atomic mass is 35.5. The minimum atomic E-state index is -0.537. The summed E-state index contributed by atoms with van der Waals surface area (Å²) in [4.78, 5) is 25.6. The number of anilines is 1. The number of nitrogens with one attached hydrogen (secondary N) is 2. The van der Waals surface area contributed by atoms with Crippen molar-refractivity contribution >= 4 is 29.1 Å². The van der Waals surface area contributed by atoms with Crippen LogP contribution in [0, 0.1) is 5.82 Å². The van der Waals surface area contributed by atoms with E-state index in [1.165, 1.54) is 18.2 Å². The van der Waals surface area contributed by atoms with Crippen molar-refractivity contribution in [2.45, 2.75) is 26.7 Å². The van der Waals surface area contributed by atoms with Gasteiger partial charge < -0.3 is 10.6 Å². The molecule has 2 N–H and O–H groups in total. The molecule has 128 valence electrons. The van der Waals surface area contributed by atoms with Crippen LogP contribution in [0.3, 0.4) is 0 Å². The van der Waals surface area contributed by atoms with Crippen molar-refractivity contribution in [3.8, 4) is 0 Å². The first-order valence-corrected chi connectivity index (χ1v) is 8.08. The summed E-state index contributed by atoms with van der Waals surface area (Å²) in [6, 6.07) is 3.99. The molecule has 5 nitrogen and oxygen atoms in total. The maximum absolute atomic E-state index is 13.1.